The lowest BCUT2D eigenvalue weighted by molar-refractivity contribution is 0.101. The average Bonchev–Trinajstić information content (AvgIpc) is 3.16. The highest BCUT2D eigenvalue weighted by atomic mass is 19.1. The fraction of sp³-hybridized carbons (Fsp3) is 0.222. The van der Waals surface area contributed by atoms with Crippen LogP contribution in [0, 0.1) is 5.82 Å². The molecule has 7 heteroatoms. The summed E-state index contributed by atoms with van der Waals surface area (Å²) < 4.78 is 24.7. The Balaban J connectivity index is 1.30. The molecule has 0 atom stereocenters. The number of rotatable bonds is 5. The molecule has 174 valence electrons. The molecule has 3 aromatic carbocycles. The number of nitrogens with zero attached hydrogens (tertiary/aromatic N) is 2. The summed E-state index contributed by atoms with van der Waals surface area (Å²) in [6.07, 6.45) is 1.53. The number of piperazine rings is 1. The lowest BCUT2D eigenvalue weighted by atomic mass is 10.0. The summed E-state index contributed by atoms with van der Waals surface area (Å²) in [7, 11) is 1.65. The Labute approximate surface area is 197 Å². The molecule has 0 bridgehead atoms. The van der Waals surface area contributed by atoms with E-state index in [0.717, 1.165) is 37.6 Å². The molecule has 5 rings (SSSR count). The van der Waals surface area contributed by atoms with Crippen molar-refractivity contribution >= 4 is 17.5 Å². The number of methoxy groups -OCH3 is 1. The third kappa shape index (κ3) is 4.34. The van der Waals surface area contributed by atoms with Gasteiger partial charge in [0.2, 0.25) is 5.78 Å². The number of aromatic hydroxyl groups is 1. The Kier molecular flexibility index (Phi) is 5.94. The number of carbonyl (C=O) groups is 1. The van der Waals surface area contributed by atoms with Gasteiger partial charge in [0.25, 0.3) is 0 Å². The zero-order valence-electron chi connectivity index (χ0n) is 18.8. The van der Waals surface area contributed by atoms with Crippen molar-refractivity contribution in [3.8, 4) is 17.2 Å². The molecule has 0 saturated carbocycles. The summed E-state index contributed by atoms with van der Waals surface area (Å²) in [6.45, 7) is 3.75. The van der Waals surface area contributed by atoms with Gasteiger partial charge in [-0.15, -0.1) is 0 Å². The minimum absolute atomic E-state index is 0.0936. The number of phenols is 1. The molecule has 2 aliphatic heterocycles. The number of benzene rings is 3. The number of anilines is 1. The van der Waals surface area contributed by atoms with E-state index in [4.69, 9.17) is 9.47 Å². The van der Waals surface area contributed by atoms with Crippen LogP contribution in [0.4, 0.5) is 10.1 Å². The number of fused-ring (bicyclic) bond motifs is 1. The quantitative estimate of drug-likeness (QED) is 0.567. The predicted octanol–water partition coefficient (Wildman–Crippen LogP) is 4.48. The Bertz CT molecular complexity index is 1250. The number of allylic oxidation sites excluding steroid dienone is 1. The van der Waals surface area contributed by atoms with Gasteiger partial charge in [-0.25, -0.2) is 4.39 Å². The first kappa shape index (κ1) is 22.0. The zero-order chi connectivity index (χ0) is 23.7. The van der Waals surface area contributed by atoms with E-state index in [1.165, 1.54) is 24.3 Å². The van der Waals surface area contributed by atoms with Crippen molar-refractivity contribution in [3.05, 3.63) is 88.9 Å². The molecule has 3 aromatic rings. The number of Topliss-reactive ketones (excluding diaryl/α,β-unsaturated/α-hetero) is 1. The Morgan fingerprint density at radius 3 is 2.53 bits per heavy atom. The summed E-state index contributed by atoms with van der Waals surface area (Å²) in [5.41, 5.74) is 2.68. The van der Waals surface area contributed by atoms with E-state index in [9.17, 15) is 14.3 Å². The fourth-order valence-corrected chi connectivity index (χ4v) is 4.38. The van der Waals surface area contributed by atoms with Crippen LogP contribution in [-0.2, 0) is 6.54 Å². The van der Waals surface area contributed by atoms with E-state index < -0.39 is 0 Å². The van der Waals surface area contributed by atoms with Crippen LogP contribution in [0.2, 0.25) is 0 Å². The Morgan fingerprint density at radius 2 is 1.82 bits per heavy atom. The van der Waals surface area contributed by atoms with Crippen LogP contribution in [0.1, 0.15) is 21.5 Å². The molecular formula is C27H25FN2O4. The highest BCUT2D eigenvalue weighted by Gasteiger charge is 2.32. The molecule has 0 spiro atoms. The second kappa shape index (κ2) is 9.19. The van der Waals surface area contributed by atoms with Crippen LogP contribution >= 0.6 is 0 Å². The molecule has 0 aliphatic carbocycles. The first-order chi connectivity index (χ1) is 16.5. The van der Waals surface area contributed by atoms with Crippen LogP contribution in [0.3, 0.4) is 0 Å². The largest absolute Gasteiger partial charge is 0.507 e. The molecule has 0 unspecified atom stereocenters. The molecule has 2 aliphatic rings. The molecule has 0 amide bonds. The van der Waals surface area contributed by atoms with Gasteiger partial charge in [-0.05, 0) is 60.2 Å². The SMILES string of the molecule is COc1ccc(N2CCN(Cc3c(O)ccc4c3O/C(=C\c3cccc(F)c3)C4=O)CC2)cc1. The van der Waals surface area contributed by atoms with Gasteiger partial charge in [-0.1, -0.05) is 12.1 Å². The van der Waals surface area contributed by atoms with Crippen LogP contribution in [0.15, 0.2) is 66.4 Å². The van der Waals surface area contributed by atoms with E-state index in [1.54, 1.807) is 25.3 Å². The van der Waals surface area contributed by atoms with Crippen molar-refractivity contribution in [1.82, 2.24) is 4.90 Å². The van der Waals surface area contributed by atoms with Gasteiger partial charge in [-0.2, -0.15) is 0 Å². The van der Waals surface area contributed by atoms with Crippen LogP contribution in [0.25, 0.3) is 6.08 Å². The second-order valence-electron chi connectivity index (χ2n) is 8.40. The summed E-state index contributed by atoms with van der Waals surface area (Å²) in [5.74, 6) is 0.767. The van der Waals surface area contributed by atoms with Crippen molar-refractivity contribution in [1.29, 1.82) is 0 Å². The normalized spacial score (nSPS) is 17.1. The molecule has 1 saturated heterocycles. The topological polar surface area (TPSA) is 62.2 Å². The minimum Gasteiger partial charge on any atom is -0.507 e. The van der Waals surface area contributed by atoms with Crippen molar-refractivity contribution in [3.63, 3.8) is 0 Å². The Hall–Kier alpha value is -3.84. The first-order valence-corrected chi connectivity index (χ1v) is 11.2. The van der Waals surface area contributed by atoms with Crippen molar-refractivity contribution in [2.45, 2.75) is 6.54 Å². The Morgan fingerprint density at radius 1 is 1.06 bits per heavy atom. The maximum atomic E-state index is 13.5. The molecule has 1 N–H and O–H groups in total. The number of carbonyl (C=O) groups excluding carboxylic acids is 1. The number of ketones is 1. The lowest BCUT2D eigenvalue weighted by Crippen LogP contribution is -2.46. The number of phenolic OH excluding ortho intramolecular Hbond substituents is 1. The number of halogens is 1. The van der Waals surface area contributed by atoms with Gasteiger partial charge in [0.15, 0.2) is 5.76 Å². The van der Waals surface area contributed by atoms with E-state index in [1.807, 2.05) is 12.1 Å². The zero-order valence-corrected chi connectivity index (χ0v) is 18.8. The van der Waals surface area contributed by atoms with Gasteiger partial charge in [-0.3, -0.25) is 9.69 Å². The summed E-state index contributed by atoms with van der Waals surface area (Å²) >= 11 is 0. The predicted molar refractivity (Wildman–Crippen MR) is 128 cm³/mol. The van der Waals surface area contributed by atoms with Gasteiger partial charge in [0, 0.05) is 38.4 Å². The smallest absolute Gasteiger partial charge is 0.231 e. The van der Waals surface area contributed by atoms with Crippen molar-refractivity contribution < 1.29 is 23.8 Å². The first-order valence-electron chi connectivity index (χ1n) is 11.2. The third-order valence-electron chi connectivity index (χ3n) is 6.25. The maximum Gasteiger partial charge on any atom is 0.231 e. The van der Waals surface area contributed by atoms with Crippen molar-refractivity contribution in [2.75, 3.05) is 38.2 Å². The lowest BCUT2D eigenvalue weighted by Gasteiger charge is -2.36. The molecule has 0 aromatic heterocycles. The van der Waals surface area contributed by atoms with E-state index in [0.29, 0.717) is 29.0 Å². The van der Waals surface area contributed by atoms with Crippen LogP contribution in [0.5, 0.6) is 17.2 Å². The number of hydrogen-bond acceptors (Lipinski definition) is 6. The standard InChI is InChI=1S/C27H25FN2O4/c1-33-21-7-5-20(6-8-21)30-13-11-29(12-14-30)17-23-24(31)10-9-22-26(32)25(34-27(22)23)16-18-3-2-4-19(28)15-18/h2-10,15-16,31H,11-14,17H2,1H3/b25-16-. The average molecular weight is 461 g/mol. The minimum atomic E-state index is -0.385. The highest BCUT2D eigenvalue weighted by molar-refractivity contribution is 6.15. The number of ether oxygens (including phenoxy) is 2. The number of hydrogen-bond donors (Lipinski definition) is 1. The molecule has 34 heavy (non-hydrogen) atoms. The third-order valence-corrected chi connectivity index (χ3v) is 6.25. The molecule has 1 fully saturated rings. The molecule has 0 radical (unpaired) electrons. The fourth-order valence-electron chi connectivity index (χ4n) is 4.38. The summed E-state index contributed by atoms with van der Waals surface area (Å²) in [4.78, 5) is 17.4. The molecule has 6 nitrogen and oxygen atoms in total. The van der Waals surface area contributed by atoms with Gasteiger partial charge < -0.3 is 19.5 Å². The van der Waals surface area contributed by atoms with Gasteiger partial charge >= 0.3 is 0 Å². The van der Waals surface area contributed by atoms with Gasteiger partial charge in [0.05, 0.1) is 18.2 Å². The van der Waals surface area contributed by atoms with E-state index in [-0.39, 0.29) is 23.1 Å². The summed E-state index contributed by atoms with van der Waals surface area (Å²) in [5, 5.41) is 10.6. The maximum absolute atomic E-state index is 13.5. The van der Waals surface area contributed by atoms with Crippen LogP contribution in [-0.4, -0.2) is 49.1 Å². The van der Waals surface area contributed by atoms with E-state index in [2.05, 4.69) is 21.9 Å². The van der Waals surface area contributed by atoms with Gasteiger partial charge in [0.1, 0.15) is 23.1 Å². The molecule has 2 heterocycles. The second-order valence-corrected chi connectivity index (χ2v) is 8.40. The van der Waals surface area contributed by atoms with Crippen LogP contribution < -0.4 is 14.4 Å². The van der Waals surface area contributed by atoms with Crippen molar-refractivity contribution in [2.24, 2.45) is 0 Å². The monoisotopic (exact) mass is 460 g/mol. The highest BCUT2D eigenvalue weighted by Crippen LogP contribution is 2.40. The van der Waals surface area contributed by atoms with E-state index >= 15 is 0 Å². The summed E-state index contributed by atoms with van der Waals surface area (Å²) in [6, 6.07) is 17.1. The molecular weight excluding hydrogens is 435 g/mol.